The molecule has 3 heterocycles. The maximum absolute atomic E-state index is 12.4. The fraction of sp³-hybridized carbons (Fsp3) is 0.786. The van der Waals surface area contributed by atoms with E-state index in [1.54, 1.807) is 10.9 Å². The average molecular weight is 308 g/mol. The Bertz CT molecular complexity index is 491. The molecule has 0 unspecified atom stereocenters. The average Bonchev–Trinajstić information content (AvgIpc) is 3.20. The lowest BCUT2D eigenvalue weighted by molar-refractivity contribution is 0.0429. The summed E-state index contributed by atoms with van der Waals surface area (Å²) in [6.45, 7) is 6.18. The predicted octanol–water partition coefficient (Wildman–Crippen LogP) is -0.826. The van der Waals surface area contributed by atoms with E-state index in [1.807, 2.05) is 4.90 Å². The lowest BCUT2D eigenvalue weighted by Gasteiger charge is -2.35. The largest absolute Gasteiger partial charge is 0.377 e. The first-order valence-corrected chi connectivity index (χ1v) is 7.99. The second-order valence-electron chi connectivity index (χ2n) is 5.88. The zero-order valence-corrected chi connectivity index (χ0v) is 12.9. The summed E-state index contributed by atoms with van der Waals surface area (Å²) in [5.41, 5.74) is 5.88. The summed E-state index contributed by atoms with van der Waals surface area (Å²) in [6.07, 6.45) is 4.37. The second kappa shape index (κ2) is 7.17. The van der Waals surface area contributed by atoms with Crippen LogP contribution < -0.4 is 5.73 Å². The molecule has 2 aliphatic heterocycles. The highest BCUT2D eigenvalue weighted by atomic mass is 16.5. The van der Waals surface area contributed by atoms with Gasteiger partial charge in [-0.15, -0.1) is 5.10 Å². The Morgan fingerprint density at radius 1 is 1.36 bits per heavy atom. The van der Waals surface area contributed by atoms with E-state index in [1.165, 1.54) is 6.42 Å². The van der Waals surface area contributed by atoms with Crippen LogP contribution in [0.4, 0.5) is 0 Å². The van der Waals surface area contributed by atoms with Gasteiger partial charge in [-0.1, -0.05) is 5.21 Å². The van der Waals surface area contributed by atoms with Gasteiger partial charge in [0, 0.05) is 45.9 Å². The maximum atomic E-state index is 12.4. The van der Waals surface area contributed by atoms with Crippen LogP contribution in [-0.2, 0) is 11.3 Å². The van der Waals surface area contributed by atoms with Crippen LogP contribution in [-0.4, -0.2) is 82.7 Å². The van der Waals surface area contributed by atoms with E-state index in [0.717, 1.165) is 45.8 Å². The number of hydrogen-bond donors (Lipinski definition) is 1. The van der Waals surface area contributed by atoms with Crippen LogP contribution >= 0.6 is 0 Å². The standard InChI is InChI=1S/C14H24N6O2/c15-3-4-20-11-13(16-17-20)14(21)19-7-5-18(6-8-19)10-12-2-1-9-22-12/h11-12H,1-10,15H2/t12-/m0/s1. The summed E-state index contributed by atoms with van der Waals surface area (Å²) in [5, 5.41) is 7.86. The zero-order valence-electron chi connectivity index (χ0n) is 12.9. The molecule has 22 heavy (non-hydrogen) atoms. The third-order valence-electron chi connectivity index (χ3n) is 4.26. The number of rotatable bonds is 5. The lowest BCUT2D eigenvalue weighted by atomic mass is 10.2. The smallest absolute Gasteiger partial charge is 0.276 e. The number of aromatic nitrogens is 3. The van der Waals surface area contributed by atoms with Crippen molar-refractivity contribution in [3.8, 4) is 0 Å². The summed E-state index contributed by atoms with van der Waals surface area (Å²) in [4.78, 5) is 16.6. The molecular weight excluding hydrogens is 284 g/mol. The SMILES string of the molecule is NCCn1cc(C(=O)N2CCN(C[C@@H]3CCCO3)CC2)nn1. The van der Waals surface area contributed by atoms with Crippen LogP contribution in [0.15, 0.2) is 6.20 Å². The molecular formula is C14H24N6O2. The van der Waals surface area contributed by atoms with Crippen LogP contribution in [0, 0.1) is 0 Å². The van der Waals surface area contributed by atoms with E-state index >= 15 is 0 Å². The van der Waals surface area contributed by atoms with Gasteiger partial charge in [0.25, 0.3) is 5.91 Å². The molecule has 2 saturated heterocycles. The molecule has 1 atom stereocenters. The molecule has 0 spiro atoms. The van der Waals surface area contributed by atoms with Crippen molar-refractivity contribution in [2.45, 2.75) is 25.5 Å². The van der Waals surface area contributed by atoms with E-state index in [4.69, 9.17) is 10.5 Å². The van der Waals surface area contributed by atoms with E-state index in [0.29, 0.717) is 24.9 Å². The number of hydrogen-bond acceptors (Lipinski definition) is 6. The van der Waals surface area contributed by atoms with Crippen LogP contribution in [0.1, 0.15) is 23.3 Å². The van der Waals surface area contributed by atoms with Crippen molar-refractivity contribution in [1.29, 1.82) is 0 Å². The molecule has 0 radical (unpaired) electrons. The van der Waals surface area contributed by atoms with Gasteiger partial charge >= 0.3 is 0 Å². The number of ether oxygens (including phenoxy) is 1. The number of carbonyl (C=O) groups excluding carboxylic acids is 1. The number of nitrogens with zero attached hydrogens (tertiary/aromatic N) is 5. The summed E-state index contributed by atoms with van der Waals surface area (Å²) < 4.78 is 7.28. The first-order valence-electron chi connectivity index (χ1n) is 7.99. The van der Waals surface area contributed by atoms with E-state index in [-0.39, 0.29) is 5.91 Å². The molecule has 0 aliphatic carbocycles. The van der Waals surface area contributed by atoms with Crippen molar-refractivity contribution in [3.63, 3.8) is 0 Å². The minimum absolute atomic E-state index is 0.0416. The molecule has 8 heteroatoms. The summed E-state index contributed by atoms with van der Waals surface area (Å²) in [5.74, 6) is -0.0416. The third-order valence-corrected chi connectivity index (χ3v) is 4.26. The Balaban J connectivity index is 1.48. The Hall–Kier alpha value is -1.51. The Morgan fingerprint density at radius 3 is 2.86 bits per heavy atom. The predicted molar refractivity (Wildman–Crippen MR) is 80.4 cm³/mol. The number of piperazine rings is 1. The molecule has 3 rings (SSSR count). The van der Waals surface area contributed by atoms with Gasteiger partial charge in [-0.25, -0.2) is 0 Å². The van der Waals surface area contributed by atoms with Crippen molar-refractivity contribution in [1.82, 2.24) is 24.8 Å². The van der Waals surface area contributed by atoms with Gasteiger partial charge < -0.3 is 15.4 Å². The number of carbonyl (C=O) groups is 1. The molecule has 122 valence electrons. The van der Waals surface area contributed by atoms with E-state index in [9.17, 15) is 4.79 Å². The van der Waals surface area contributed by atoms with Gasteiger partial charge in [0.2, 0.25) is 0 Å². The normalized spacial score (nSPS) is 23.1. The van der Waals surface area contributed by atoms with Crippen LogP contribution in [0.25, 0.3) is 0 Å². The Kier molecular flexibility index (Phi) is 5.01. The van der Waals surface area contributed by atoms with Gasteiger partial charge in [-0.3, -0.25) is 14.4 Å². The molecule has 0 bridgehead atoms. The van der Waals surface area contributed by atoms with Crippen molar-refractivity contribution < 1.29 is 9.53 Å². The highest BCUT2D eigenvalue weighted by molar-refractivity contribution is 5.92. The van der Waals surface area contributed by atoms with E-state index in [2.05, 4.69) is 15.2 Å². The highest BCUT2D eigenvalue weighted by Gasteiger charge is 2.26. The van der Waals surface area contributed by atoms with E-state index < -0.39 is 0 Å². The topological polar surface area (TPSA) is 89.5 Å². The lowest BCUT2D eigenvalue weighted by Crippen LogP contribution is -2.50. The van der Waals surface area contributed by atoms with Crippen LogP contribution in [0.5, 0.6) is 0 Å². The maximum Gasteiger partial charge on any atom is 0.276 e. The monoisotopic (exact) mass is 308 g/mol. The zero-order chi connectivity index (χ0) is 15.4. The van der Waals surface area contributed by atoms with Crippen LogP contribution in [0.3, 0.4) is 0 Å². The molecule has 1 aromatic heterocycles. The third kappa shape index (κ3) is 3.63. The first-order chi connectivity index (χ1) is 10.8. The van der Waals surface area contributed by atoms with Gasteiger partial charge in [-0.2, -0.15) is 0 Å². The highest BCUT2D eigenvalue weighted by Crippen LogP contribution is 2.15. The summed E-state index contributed by atoms with van der Waals surface area (Å²) in [6, 6.07) is 0. The molecule has 2 N–H and O–H groups in total. The summed E-state index contributed by atoms with van der Waals surface area (Å²) in [7, 11) is 0. The fourth-order valence-corrected chi connectivity index (χ4v) is 3.01. The molecule has 2 aliphatic rings. The molecule has 1 amide bonds. The molecule has 1 aromatic rings. The number of amides is 1. The van der Waals surface area contributed by atoms with Crippen molar-refractivity contribution in [3.05, 3.63) is 11.9 Å². The van der Waals surface area contributed by atoms with Crippen molar-refractivity contribution in [2.75, 3.05) is 45.9 Å². The fourth-order valence-electron chi connectivity index (χ4n) is 3.01. The summed E-state index contributed by atoms with van der Waals surface area (Å²) >= 11 is 0. The van der Waals surface area contributed by atoms with Gasteiger partial charge in [0.15, 0.2) is 5.69 Å². The van der Waals surface area contributed by atoms with Crippen molar-refractivity contribution >= 4 is 5.91 Å². The minimum Gasteiger partial charge on any atom is -0.377 e. The Labute approximate surface area is 130 Å². The van der Waals surface area contributed by atoms with Gasteiger partial charge in [0.05, 0.1) is 18.8 Å². The van der Waals surface area contributed by atoms with Crippen LogP contribution in [0.2, 0.25) is 0 Å². The Morgan fingerprint density at radius 2 is 2.18 bits per heavy atom. The quantitative estimate of drug-likeness (QED) is 0.764. The molecule has 8 nitrogen and oxygen atoms in total. The number of nitrogens with two attached hydrogens (primary N) is 1. The van der Waals surface area contributed by atoms with Gasteiger partial charge in [-0.05, 0) is 12.8 Å². The molecule has 2 fully saturated rings. The van der Waals surface area contributed by atoms with Crippen molar-refractivity contribution in [2.24, 2.45) is 5.73 Å². The minimum atomic E-state index is -0.0416. The second-order valence-corrected chi connectivity index (χ2v) is 5.88. The van der Waals surface area contributed by atoms with Gasteiger partial charge in [0.1, 0.15) is 0 Å². The molecule has 0 saturated carbocycles. The first kappa shape index (κ1) is 15.4. The molecule has 0 aromatic carbocycles.